The van der Waals surface area contributed by atoms with Gasteiger partial charge in [-0.1, -0.05) is 10.4 Å². The maximum atomic E-state index is 2.67. The van der Waals surface area contributed by atoms with Crippen molar-refractivity contribution in [1.82, 2.24) is 4.90 Å². The monoisotopic (exact) mass is 199 g/mol. The van der Waals surface area contributed by atoms with Gasteiger partial charge in [0.1, 0.15) is 15.7 Å². The summed E-state index contributed by atoms with van der Waals surface area (Å²) in [7, 11) is 14.4. The molecule has 1 saturated heterocycles. The Hall–Kier alpha value is 0.350. The van der Waals surface area contributed by atoms with E-state index in [0.29, 0.717) is 10.4 Å². The topological polar surface area (TPSA) is 3.24 Å². The number of rotatable bonds is 0. The normalized spacial score (nSPS) is 29.0. The van der Waals surface area contributed by atoms with Gasteiger partial charge in [0.25, 0.3) is 0 Å². The summed E-state index contributed by atoms with van der Waals surface area (Å²) in [6, 6.07) is 0. The van der Waals surface area contributed by atoms with E-state index >= 15 is 0 Å². The Morgan fingerprint density at radius 3 is 1.47 bits per heavy atom. The Bertz CT molecular complexity index is 267. The molecule has 0 unspecified atom stereocenters. The maximum absolute atomic E-state index is 2.67. The van der Waals surface area contributed by atoms with E-state index < -0.39 is 0 Å². The van der Waals surface area contributed by atoms with E-state index in [4.69, 9.17) is 0 Å². The standard InChI is InChI=1S/C8H23B6N/c1-5(2,3)15-4-6(9,10)7(11,12)8(15,13)14/h4,9-14H2,1-3H3. The highest BCUT2D eigenvalue weighted by atomic mass is 15.3. The first-order valence-corrected chi connectivity index (χ1v) is 6.12. The lowest BCUT2D eigenvalue weighted by molar-refractivity contribution is 0.135. The van der Waals surface area contributed by atoms with Crippen LogP contribution in [-0.4, -0.2) is 69.4 Å². The lowest BCUT2D eigenvalue weighted by atomic mass is 9.22. The fourth-order valence-corrected chi connectivity index (χ4v) is 3.03. The van der Waals surface area contributed by atoms with Gasteiger partial charge < -0.3 is 4.90 Å². The van der Waals surface area contributed by atoms with Crippen LogP contribution >= 0.6 is 0 Å². The van der Waals surface area contributed by atoms with Gasteiger partial charge >= 0.3 is 0 Å². The fourth-order valence-electron chi connectivity index (χ4n) is 3.03. The number of likely N-dealkylation sites (tertiary alicyclic amines) is 1. The molecular formula is C8H23B6N. The second-order valence-corrected chi connectivity index (χ2v) is 7.82. The molecule has 78 valence electrons. The van der Waals surface area contributed by atoms with Gasteiger partial charge in [-0.2, -0.15) is 0 Å². The minimum Gasteiger partial charge on any atom is -0.310 e. The molecule has 0 bridgehead atoms. The van der Waals surface area contributed by atoms with Crippen molar-refractivity contribution in [2.75, 3.05) is 6.54 Å². The highest BCUT2D eigenvalue weighted by Gasteiger charge is 2.58. The fraction of sp³-hybridized carbons (Fsp3) is 1.00. The van der Waals surface area contributed by atoms with Crippen molar-refractivity contribution in [3.8, 4) is 0 Å². The van der Waals surface area contributed by atoms with Gasteiger partial charge in [0.2, 0.25) is 0 Å². The average molecular weight is 198 g/mol. The van der Waals surface area contributed by atoms with Crippen molar-refractivity contribution in [3.63, 3.8) is 0 Å². The summed E-state index contributed by atoms with van der Waals surface area (Å²) in [6.07, 6.45) is 0. The first kappa shape index (κ1) is 13.4. The summed E-state index contributed by atoms with van der Waals surface area (Å²) in [6.45, 7) is 8.17. The van der Waals surface area contributed by atoms with Crippen molar-refractivity contribution in [2.24, 2.45) is 0 Å². The van der Waals surface area contributed by atoms with Crippen LogP contribution in [0, 0.1) is 0 Å². The zero-order valence-corrected chi connectivity index (χ0v) is 12.2. The molecule has 1 fully saturated rings. The van der Waals surface area contributed by atoms with E-state index in [-0.39, 0.29) is 10.9 Å². The van der Waals surface area contributed by atoms with Crippen molar-refractivity contribution >= 4 is 47.1 Å². The molecule has 0 N–H and O–H groups in total. The van der Waals surface area contributed by atoms with E-state index in [1.807, 2.05) is 0 Å². The molecule has 0 aromatic heterocycles. The first-order valence-electron chi connectivity index (χ1n) is 6.12. The van der Waals surface area contributed by atoms with Gasteiger partial charge in [0.15, 0.2) is 0 Å². The molecule has 15 heavy (non-hydrogen) atoms. The number of hydrogen-bond acceptors (Lipinski definition) is 1. The molecular weight excluding hydrogens is 175 g/mol. The maximum Gasteiger partial charge on any atom is 0.116 e. The van der Waals surface area contributed by atoms with Crippen LogP contribution in [-0.2, 0) is 0 Å². The lowest BCUT2D eigenvalue weighted by Crippen LogP contribution is -2.59. The van der Waals surface area contributed by atoms with Crippen molar-refractivity contribution < 1.29 is 0 Å². The van der Waals surface area contributed by atoms with E-state index in [1.165, 1.54) is 6.54 Å². The van der Waals surface area contributed by atoms with Crippen LogP contribution in [0.1, 0.15) is 20.8 Å². The second kappa shape index (κ2) is 3.18. The molecule has 0 aromatic rings. The van der Waals surface area contributed by atoms with Crippen LogP contribution in [0.5, 0.6) is 0 Å². The first-order chi connectivity index (χ1) is 6.34. The number of hydrogen-bond donors (Lipinski definition) is 0. The molecule has 0 atom stereocenters. The number of nitrogens with zero attached hydrogens (tertiary/aromatic N) is 1. The van der Waals surface area contributed by atoms with Crippen molar-refractivity contribution in [1.29, 1.82) is 0 Å². The van der Waals surface area contributed by atoms with Gasteiger partial charge in [-0.25, -0.2) is 0 Å². The van der Waals surface area contributed by atoms with Crippen molar-refractivity contribution in [3.05, 3.63) is 0 Å². The van der Waals surface area contributed by atoms with Gasteiger partial charge in [-0.3, -0.25) is 0 Å². The van der Waals surface area contributed by atoms with E-state index in [0.717, 1.165) is 0 Å². The predicted octanol–water partition coefficient (Wildman–Crippen LogP) is -4.21. The molecule has 0 aliphatic carbocycles. The third kappa shape index (κ3) is 1.75. The van der Waals surface area contributed by atoms with E-state index in [2.05, 4.69) is 72.7 Å². The van der Waals surface area contributed by atoms with E-state index in [1.54, 1.807) is 0 Å². The minimum absolute atomic E-state index is 0.258. The average Bonchev–Trinajstić information content (AvgIpc) is 2.07. The Kier molecular flexibility index (Phi) is 2.85. The largest absolute Gasteiger partial charge is 0.310 e. The highest BCUT2D eigenvalue weighted by molar-refractivity contribution is 6.62. The van der Waals surface area contributed by atoms with Crippen molar-refractivity contribution in [2.45, 2.75) is 42.1 Å². The summed E-state index contributed by atoms with van der Waals surface area (Å²) in [5.41, 5.74) is 0.258. The van der Waals surface area contributed by atoms with Crippen LogP contribution < -0.4 is 0 Å². The third-order valence-electron chi connectivity index (χ3n) is 5.26. The van der Waals surface area contributed by atoms with Crippen LogP contribution in [0.2, 0.25) is 10.4 Å². The summed E-state index contributed by atoms with van der Waals surface area (Å²) >= 11 is 0. The molecule has 0 saturated carbocycles. The summed E-state index contributed by atoms with van der Waals surface area (Å²) in [5, 5.41) is 0.978. The molecule has 7 heteroatoms. The zero-order chi connectivity index (χ0) is 12.3. The SMILES string of the molecule is BC1(B)CN(C(C)(C)C)C(B)(B)C1(B)B. The summed E-state index contributed by atoms with van der Waals surface area (Å²) < 4.78 is 0. The van der Waals surface area contributed by atoms with Gasteiger partial charge in [-0.05, 0) is 32.7 Å². The quantitative estimate of drug-likeness (QED) is 0.357. The summed E-state index contributed by atoms with van der Waals surface area (Å²) in [4.78, 5) is 2.67. The Morgan fingerprint density at radius 2 is 1.33 bits per heavy atom. The van der Waals surface area contributed by atoms with Gasteiger partial charge in [0, 0.05) is 5.54 Å². The molecule has 0 aromatic carbocycles. The van der Waals surface area contributed by atoms with Gasteiger partial charge in [0.05, 0.1) is 31.4 Å². The molecule has 1 aliphatic rings. The Labute approximate surface area is 101 Å². The van der Waals surface area contributed by atoms with E-state index in [9.17, 15) is 0 Å². The highest BCUT2D eigenvalue weighted by Crippen LogP contribution is 2.58. The zero-order valence-electron chi connectivity index (χ0n) is 12.2. The molecule has 1 rings (SSSR count). The predicted molar refractivity (Wildman–Crippen MR) is 85.8 cm³/mol. The van der Waals surface area contributed by atoms with Crippen LogP contribution in [0.25, 0.3) is 0 Å². The second-order valence-electron chi connectivity index (χ2n) is 7.82. The Balaban J connectivity index is 3.20. The molecule has 0 radical (unpaired) electrons. The van der Waals surface area contributed by atoms with Crippen LogP contribution in [0.3, 0.4) is 0 Å². The molecule has 1 aliphatic heterocycles. The molecule has 1 heterocycles. The van der Waals surface area contributed by atoms with Crippen LogP contribution in [0.15, 0.2) is 0 Å². The third-order valence-corrected chi connectivity index (χ3v) is 5.26. The smallest absolute Gasteiger partial charge is 0.116 e. The summed E-state index contributed by atoms with van der Waals surface area (Å²) in [5.74, 6) is 0. The lowest BCUT2D eigenvalue weighted by Gasteiger charge is -2.50. The molecule has 1 nitrogen and oxygen atoms in total. The Morgan fingerprint density at radius 1 is 0.933 bits per heavy atom. The molecule has 0 amide bonds. The van der Waals surface area contributed by atoms with Crippen LogP contribution in [0.4, 0.5) is 0 Å². The molecule has 0 spiro atoms. The minimum atomic E-state index is 0.258. The van der Waals surface area contributed by atoms with Gasteiger partial charge in [-0.15, -0.1) is 0 Å².